The molecule has 0 atom stereocenters. The lowest BCUT2D eigenvalue weighted by Gasteiger charge is -2.17. The van der Waals surface area contributed by atoms with Crippen LogP contribution < -0.4 is 5.32 Å². The summed E-state index contributed by atoms with van der Waals surface area (Å²) < 4.78 is 1.75. The van der Waals surface area contributed by atoms with Gasteiger partial charge in [-0.2, -0.15) is 0 Å². The number of nitro groups is 1. The molecule has 1 aromatic rings. The van der Waals surface area contributed by atoms with Crippen LogP contribution in [-0.2, 0) is 0 Å². The maximum absolute atomic E-state index is 12.3. The van der Waals surface area contributed by atoms with Crippen molar-refractivity contribution in [2.45, 2.75) is 18.9 Å². The lowest BCUT2D eigenvalue weighted by molar-refractivity contribution is -0.384. The Balaban J connectivity index is 2.22. The fourth-order valence-corrected chi connectivity index (χ4v) is 1.97. The molecule has 1 aliphatic rings. The van der Waals surface area contributed by atoms with Gasteiger partial charge in [-0.15, -0.1) is 0 Å². The van der Waals surface area contributed by atoms with E-state index in [0.29, 0.717) is 18.8 Å². The quantitative estimate of drug-likeness (QED) is 0.616. The topological polar surface area (TPSA) is 80.4 Å². The summed E-state index contributed by atoms with van der Waals surface area (Å²) in [5, 5.41) is 13.8. The van der Waals surface area contributed by atoms with E-state index in [1.807, 2.05) is 7.05 Å². The predicted octanol–water partition coefficient (Wildman–Crippen LogP) is 1.02. The molecule has 1 N–H and O–H groups in total. The molecule has 1 heterocycles. The van der Waals surface area contributed by atoms with E-state index in [0.717, 1.165) is 12.8 Å². The minimum Gasteiger partial charge on any atom is -0.339 e. The van der Waals surface area contributed by atoms with Crippen LogP contribution in [0.1, 0.15) is 29.4 Å². The molecule has 2 rings (SSSR count). The number of rotatable bonds is 6. The van der Waals surface area contributed by atoms with E-state index < -0.39 is 4.92 Å². The molecule has 1 aromatic heterocycles. The van der Waals surface area contributed by atoms with Crippen molar-refractivity contribution in [3.63, 3.8) is 0 Å². The molecule has 19 heavy (non-hydrogen) atoms. The molecule has 0 spiro atoms. The first-order valence-electron chi connectivity index (χ1n) is 6.31. The molecule has 104 valence electrons. The van der Waals surface area contributed by atoms with E-state index in [1.54, 1.807) is 16.5 Å². The van der Waals surface area contributed by atoms with Crippen LogP contribution in [0.15, 0.2) is 12.3 Å². The standard InChI is InChI=1S/C12H18N4O3/c1-13-5-6-14(2)12(17)11-7-10(16(18)19)8-15(11)9-3-4-9/h7-9,13H,3-6H2,1-2H3. The first-order chi connectivity index (χ1) is 9.04. The van der Waals surface area contributed by atoms with Crippen molar-refractivity contribution in [1.29, 1.82) is 0 Å². The van der Waals surface area contributed by atoms with Crippen molar-refractivity contribution in [3.05, 3.63) is 28.1 Å². The highest BCUT2D eigenvalue weighted by Crippen LogP contribution is 2.38. The summed E-state index contributed by atoms with van der Waals surface area (Å²) in [4.78, 5) is 24.2. The van der Waals surface area contributed by atoms with Crippen LogP contribution in [0.25, 0.3) is 0 Å². The van der Waals surface area contributed by atoms with Crippen molar-refractivity contribution in [2.75, 3.05) is 27.2 Å². The van der Waals surface area contributed by atoms with Gasteiger partial charge in [0.2, 0.25) is 0 Å². The molecule has 0 saturated heterocycles. The average molecular weight is 266 g/mol. The van der Waals surface area contributed by atoms with Crippen molar-refractivity contribution >= 4 is 11.6 Å². The van der Waals surface area contributed by atoms with Gasteiger partial charge in [-0.05, 0) is 19.9 Å². The maximum Gasteiger partial charge on any atom is 0.287 e. The summed E-state index contributed by atoms with van der Waals surface area (Å²) in [6.45, 7) is 1.26. The van der Waals surface area contributed by atoms with Gasteiger partial charge in [-0.3, -0.25) is 14.9 Å². The Morgan fingerprint density at radius 3 is 2.84 bits per heavy atom. The van der Waals surface area contributed by atoms with E-state index in [-0.39, 0.29) is 17.6 Å². The van der Waals surface area contributed by atoms with Crippen LogP contribution in [0.4, 0.5) is 5.69 Å². The van der Waals surface area contributed by atoms with E-state index in [4.69, 9.17) is 0 Å². The second-order valence-corrected chi connectivity index (χ2v) is 4.81. The van der Waals surface area contributed by atoms with Crippen molar-refractivity contribution < 1.29 is 9.72 Å². The predicted molar refractivity (Wildman–Crippen MR) is 70.2 cm³/mol. The zero-order valence-corrected chi connectivity index (χ0v) is 11.1. The minimum absolute atomic E-state index is 0.0164. The Bertz CT molecular complexity index is 493. The molecule has 1 fully saturated rings. The van der Waals surface area contributed by atoms with Gasteiger partial charge in [0, 0.05) is 32.2 Å². The van der Waals surface area contributed by atoms with Crippen LogP contribution in [0, 0.1) is 10.1 Å². The summed E-state index contributed by atoms with van der Waals surface area (Å²) in [6, 6.07) is 1.61. The Hall–Kier alpha value is -1.89. The highest BCUT2D eigenvalue weighted by atomic mass is 16.6. The van der Waals surface area contributed by atoms with E-state index in [9.17, 15) is 14.9 Å². The third-order valence-corrected chi connectivity index (χ3v) is 3.25. The monoisotopic (exact) mass is 266 g/mol. The maximum atomic E-state index is 12.3. The second-order valence-electron chi connectivity index (χ2n) is 4.81. The van der Waals surface area contributed by atoms with Crippen molar-refractivity contribution in [1.82, 2.24) is 14.8 Å². The summed E-state index contributed by atoms with van der Waals surface area (Å²) >= 11 is 0. The van der Waals surface area contributed by atoms with Crippen LogP contribution in [0.2, 0.25) is 0 Å². The molecule has 0 aliphatic heterocycles. The number of carbonyl (C=O) groups is 1. The molecular weight excluding hydrogens is 248 g/mol. The van der Waals surface area contributed by atoms with Gasteiger partial charge >= 0.3 is 0 Å². The Labute approximate surface area is 111 Å². The summed E-state index contributed by atoms with van der Waals surface area (Å²) in [5.74, 6) is -0.171. The number of carbonyl (C=O) groups excluding carboxylic acids is 1. The van der Waals surface area contributed by atoms with Crippen LogP contribution in [-0.4, -0.2) is 47.5 Å². The van der Waals surface area contributed by atoms with Gasteiger partial charge in [0.25, 0.3) is 11.6 Å². The first-order valence-corrected chi connectivity index (χ1v) is 6.31. The zero-order chi connectivity index (χ0) is 14.0. The molecular formula is C12H18N4O3. The van der Waals surface area contributed by atoms with Gasteiger partial charge < -0.3 is 14.8 Å². The molecule has 0 radical (unpaired) electrons. The second kappa shape index (κ2) is 5.40. The lowest BCUT2D eigenvalue weighted by Crippen LogP contribution is -2.33. The smallest absolute Gasteiger partial charge is 0.287 e. The molecule has 0 unspecified atom stereocenters. The number of nitrogens with zero attached hydrogens (tertiary/aromatic N) is 3. The Morgan fingerprint density at radius 1 is 1.63 bits per heavy atom. The van der Waals surface area contributed by atoms with Gasteiger partial charge in [-0.25, -0.2) is 0 Å². The van der Waals surface area contributed by atoms with Crippen molar-refractivity contribution in [2.24, 2.45) is 0 Å². The largest absolute Gasteiger partial charge is 0.339 e. The van der Waals surface area contributed by atoms with Crippen molar-refractivity contribution in [3.8, 4) is 0 Å². The number of hydrogen-bond donors (Lipinski definition) is 1. The molecule has 1 amide bonds. The fraction of sp³-hybridized carbons (Fsp3) is 0.583. The van der Waals surface area contributed by atoms with E-state index >= 15 is 0 Å². The van der Waals surface area contributed by atoms with Gasteiger partial charge in [0.05, 0.1) is 11.1 Å². The lowest BCUT2D eigenvalue weighted by atomic mass is 10.3. The van der Waals surface area contributed by atoms with E-state index in [2.05, 4.69) is 5.32 Å². The highest BCUT2D eigenvalue weighted by molar-refractivity contribution is 5.93. The third-order valence-electron chi connectivity index (χ3n) is 3.25. The number of amides is 1. The molecule has 7 nitrogen and oxygen atoms in total. The number of hydrogen-bond acceptors (Lipinski definition) is 4. The third kappa shape index (κ3) is 2.93. The Morgan fingerprint density at radius 2 is 2.32 bits per heavy atom. The highest BCUT2D eigenvalue weighted by Gasteiger charge is 2.31. The fourth-order valence-electron chi connectivity index (χ4n) is 1.97. The number of nitrogens with one attached hydrogen (secondary N) is 1. The average Bonchev–Trinajstić information content (AvgIpc) is 3.13. The molecule has 0 bridgehead atoms. The molecule has 1 aliphatic carbocycles. The van der Waals surface area contributed by atoms with Gasteiger partial charge in [-0.1, -0.05) is 0 Å². The van der Waals surface area contributed by atoms with Crippen LogP contribution in [0.3, 0.4) is 0 Å². The minimum atomic E-state index is -0.455. The summed E-state index contributed by atoms with van der Waals surface area (Å²) in [6.07, 6.45) is 3.43. The number of aromatic nitrogens is 1. The van der Waals surface area contributed by atoms with Crippen LogP contribution >= 0.6 is 0 Å². The SMILES string of the molecule is CNCCN(C)C(=O)c1cc([N+](=O)[O-])cn1C1CC1. The van der Waals surface area contributed by atoms with Gasteiger partial charge in [0.1, 0.15) is 5.69 Å². The summed E-state index contributed by atoms with van der Waals surface area (Å²) in [7, 11) is 3.52. The zero-order valence-electron chi connectivity index (χ0n) is 11.1. The molecule has 7 heteroatoms. The van der Waals surface area contributed by atoms with Crippen LogP contribution in [0.5, 0.6) is 0 Å². The number of likely N-dealkylation sites (N-methyl/N-ethyl adjacent to an activating group) is 2. The van der Waals surface area contributed by atoms with E-state index in [1.165, 1.54) is 12.3 Å². The normalized spacial score (nSPS) is 14.4. The molecule has 1 saturated carbocycles. The first kappa shape index (κ1) is 13.5. The van der Waals surface area contributed by atoms with Gasteiger partial charge in [0.15, 0.2) is 0 Å². The summed E-state index contributed by atoms with van der Waals surface area (Å²) in [5.41, 5.74) is 0.394. The molecule has 0 aromatic carbocycles. The Kier molecular flexibility index (Phi) is 3.84.